The van der Waals surface area contributed by atoms with Gasteiger partial charge in [0.05, 0.1) is 0 Å². The van der Waals surface area contributed by atoms with Crippen LogP contribution in [-0.4, -0.2) is 13.1 Å². The zero-order valence-electron chi connectivity index (χ0n) is 6.33. The van der Waals surface area contributed by atoms with Crippen molar-refractivity contribution in [3.63, 3.8) is 0 Å². The lowest BCUT2D eigenvalue weighted by Crippen LogP contribution is -2.08. The van der Waals surface area contributed by atoms with E-state index < -0.39 is 0 Å². The minimum Gasteiger partial charge on any atom is -0.309 e. The molecule has 1 aliphatic rings. The first-order valence-electron chi connectivity index (χ1n) is 3.72. The summed E-state index contributed by atoms with van der Waals surface area (Å²) in [5.74, 6) is 0. The second-order valence-electron chi connectivity index (χ2n) is 2.74. The van der Waals surface area contributed by atoms with E-state index in [-0.39, 0.29) is 0 Å². The zero-order chi connectivity index (χ0) is 6.69. The van der Waals surface area contributed by atoms with Crippen LogP contribution in [-0.2, 0) is 0 Å². The molecule has 0 unspecified atom stereocenters. The van der Waals surface area contributed by atoms with E-state index in [9.17, 15) is 0 Å². The summed E-state index contributed by atoms with van der Waals surface area (Å²) in [7, 11) is 0. The highest BCUT2D eigenvalue weighted by Crippen LogP contribution is 2.13. The molecule has 0 aromatic carbocycles. The van der Waals surface area contributed by atoms with Gasteiger partial charge in [-0.3, -0.25) is 0 Å². The summed E-state index contributed by atoms with van der Waals surface area (Å²) in [6.45, 7) is 6.72. The first-order chi connectivity index (χ1) is 4.34. The van der Waals surface area contributed by atoms with E-state index in [0.29, 0.717) is 0 Å². The first-order valence-corrected chi connectivity index (χ1v) is 3.72. The largest absolute Gasteiger partial charge is 0.309 e. The van der Waals surface area contributed by atoms with E-state index in [4.69, 9.17) is 0 Å². The summed E-state index contributed by atoms with van der Waals surface area (Å²) >= 11 is 0. The Morgan fingerprint density at radius 1 is 1.44 bits per heavy atom. The third-order valence-corrected chi connectivity index (χ3v) is 1.88. The summed E-state index contributed by atoms with van der Waals surface area (Å²) in [4.78, 5) is 0. The molecular weight excluding hydrogens is 110 g/mol. The molecule has 52 valence electrons. The molecule has 1 heteroatoms. The van der Waals surface area contributed by atoms with Crippen LogP contribution in [0.3, 0.4) is 0 Å². The molecule has 1 N–H and O–H groups in total. The predicted molar refractivity (Wildman–Crippen MR) is 40.5 cm³/mol. The van der Waals surface area contributed by atoms with Crippen LogP contribution in [0.25, 0.3) is 0 Å². The predicted octanol–water partition coefficient (Wildman–Crippen LogP) is 1.71. The number of hydrogen-bond donors (Lipinski definition) is 1. The SMILES string of the molecule is CCCC1=C(C)CNC1. The fourth-order valence-corrected chi connectivity index (χ4v) is 1.28. The molecule has 0 aliphatic carbocycles. The summed E-state index contributed by atoms with van der Waals surface area (Å²) < 4.78 is 0. The zero-order valence-corrected chi connectivity index (χ0v) is 6.33. The summed E-state index contributed by atoms with van der Waals surface area (Å²) in [5.41, 5.74) is 3.20. The minimum absolute atomic E-state index is 1.12. The Balaban J connectivity index is 2.45. The van der Waals surface area contributed by atoms with Gasteiger partial charge in [0.15, 0.2) is 0 Å². The maximum atomic E-state index is 3.33. The number of rotatable bonds is 2. The van der Waals surface area contributed by atoms with Crippen molar-refractivity contribution in [3.05, 3.63) is 11.1 Å². The standard InChI is InChI=1S/C8H15N/c1-3-4-8-6-9-5-7(8)2/h9H,3-6H2,1-2H3. The van der Waals surface area contributed by atoms with Gasteiger partial charge in [-0.2, -0.15) is 0 Å². The van der Waals surface area contributed by atoms with Crippen molar-refractivity contribution in [2.75, 3.05) is 13.1 Å². The van der Waals surface area contributed by atoms with E-state index in [2.05, 4.69) is 19.2 Å². The van der Waals surface area contributed by atoms with Crippen molar-refractivity contribution in [3.8, 4) is 0 Å². The Hall–Kier alpha value is -0.300. The van der Waals surface area contributed by atoms with Crippen LogP contribution in [0, 0.1) is 0 Å². The quantitative estimate of drug-likeness (QED) is 0.554. The monoisotopic (exact) mass is 125 g/mol. The van der Waals surface area contributed by atoms with Gasteiger partial charge < -0.3 is 5.32 Å². The van der Waals surface area contributed by atoms with E-state index in [1.807, 2.05) is 0 Å². The molecule has 0 fully saturated rings. The van der Waals surface area contributed by atoms with Gasteiger partial charge in [0.1, 0.15) is 0 Å². The van der Waals surface area contributed by atoms with Gasteiger partial charge in [-0.25, -0.2) is 0 Å². The van der Waals surface area contributed by atoms with E-state index in [1.165, 1.54) is 12.8 Å². The molecule has 0 aromatic heterocycles. The molecule has 0 aromatic rings. The van der Waals surface area contributed by atoms with Gasteiger partial charge in [0, 0.05) is 13.1 Å². The molecule has 1 nitrogen and oxygen atoms in total. The molecule has 0 saturated carbocycles. The Kier molecular flexibility index (Phi) is 2.29. The maximum absolute atomic E-state index is 3.33. The Labute approximate surface area is 57.1 Å². The van der Waals surface area contributed by atoms with Crippen molar-refractivity contribution >= 4 is 0 Å². The number of nitrogens with one attached hydrogen (secondary N) is 1. The van der Waals surface area contributed by atoms with Gasteiger partial charge in [-0.05, 0) is 13.3 Å². The van der Waals surface area contributed by atoms with E-state index in [0.717, 1.165) is 13.1 Å². The van der Waals surface area contributed by atoms with Crippen molar-refractivity contribution < 1.29 is 0 Å². The van der Waals surface area contributed by atoms with Gasteiger partial charge in [0.25, 0.3) is 0 Å². The third-order valence-electron chi connectivity index (χ3n) is 1.88. The Bertz CT molecular complexity index is 125. The Morgan fingerprint density at radius 2 is 2.22 bits per heavy atom. The molecule has 1 rings (SSSR count). The lowest BCUT2D eigenvalue weighted by Gasteiger charge is -1.97. The minimum atomic E-state index is 1.12. The van der Waals surface area contributed by atoms with Crippen LogP contribution in [0.4, 0.5) is 0 Å². The molecule has 0 radical (unpaired) electrons. The normalized spacial score (nSPS) is 19.3. The summed E-state index contributed by atoms with van der Waals surface area (Å²) in [6, 6.07) is 0. The van der Waals surface area contributed by atoms with Crippen molar-refractivity contribution in [2.45, 2.75) is 26.7 Å². The smallest absolute Gasteiger partial charge is 0.0170 e. The van der Waals surface area contributed by atoms with Crippen molar-refractivity contribution in [2.24, 2.45) is 0 Å². The number of hydrogen-bond acceptors (Lipinski definition) is 1. The highest BCUT2D eigenvalue weighted by atomic mass is 14.9. The molecular formula is C8H15N. The topological polar surface area (TPSA) is 12.0 Å². The van der Waals surface area contributed by atoms with Gasteiger partial charge >= 0.3 is 0 Å². The van der Waals surface area contributed by atoms with Gasteiger partial charge in [-0.15, -0.1) is 0 Å². The van der Waals surface area contributed by atoms with Crippen LogP contribution in [0.1, 0.15) is 26.7 Å². The lowest BCUT2D eigenvalue weighted by atomic mass is 10.1. The third kappa shape index (κ3) is 1.55. The summed E-state index contributed by atoms with van der Waals surface area (Å²) in [5, 5.41) is 3.33. The van der Waals surface area contributed by atoms with Crippen LogP contribution in [0.5, 0.6) is 0 Å². The first kappa shape index (κ1) is 6.81. The summed E-state index contributed by atoms with van der Waals surface area (Å²) in [6.07, 6.45) is 2.58. The molecule has 1 aliphatic heterocycles. The van der Waals surface area contributed by atoms with Crippen molar-refractivity contribution in [1.29, 1.82) is 0 Å². The van der Waals surface area contributed by atoms with Gasteiger partial charge in [0.2, 0.25) is 0 Å². The van der Waals surface area contributed by atoms with E-state index >= 15 is 0 Å². The van der Waals surface area contributed by atoms with Crippen LogP contribution >= 0.6 is 0 Å². The Morgan fingerprint density at radius 3 is 2.67 bits per heavy atom. The van der Waals surface area contributed by atoms with Crippen molar-refractivity contribution in [1.82, 2.24) is 5.32 Å². The average Bonchev–Trinajstić information content (AvgIpc) is 2.18. The molecule has 0 spiro atoms. The van der Waals surface area contributed by atoms with E-state index in [1.54, 1.807) is 11.1 Å². The fraction of sp³-hybridized carbons (Fsp3) is 0.750. The van der Waals surface area contributed by atoms with Crippen LogP contribution in [0.15, 0.2) is 11.1 Å². The highest BCUT2D eigenvalue weighted by molar-refractivity contribution is 5.19. The lowest BCUT2D eigenvalue weighted by molar-refractivity contribution is 0.821. The molecule has 0 amide bonds. The van der Waals surface area contributed by atoms with Gasteiger partial charge in [-0.1, -0.05) is 24.5 Å². The molecule has 0 saturated heterocycles. The van der Waals surface area contributed by atoms with Crippen LogP contribution < -0.4 is 5.32 Å². The maximum Gasteiger partial charge on any atom is 0.0170 e. The molecule has 9 heavy (non-hydrogen) atoms. The second kappa shape index (κ2) is 3.02. The fourth-order valence-electron chi connectivity index (χ4n) is 1.28. The highest BCUT2D eigenvalue weighted by Gasteiger charge is 2.07. The van der Waals surface area contributed by atoms with Crippen LogP contribution in [0.2, 0.25) is 0 Å². The molecule has 1 heterocycles. The average molecular weight is 125 g/mol. The molecule has 0 atom stereocenters. The second-order valence-corrected chi connectivity index (χ2v) is 2.74. The molecule has 0 bridgehead atoms.